The van der Waals surface area contributed by atoms with Crippen LogP contribution in [0.4, 0.5) is 0 Å². The van der Waals surface area contributed by atoms with Crippen LogP contribution in [-0.2, 0) is 4.74 Å². The van der Waals surface area contributed by atoms with Crippen molar-refractivity contribution in [2.45, 2.75) is 39.0 Å². The van der Waals surface area contributed by atoms with Crippen molar-refractivity contribution in [2.75, 3.05) is 26.8 Å². The number of hydrogen-bond donors (Lipinski definition) is 1. The first-order chi connectivity index (χ1) is 7.27. The molecule has 1 unspecified atom stereocenters. The molecule has 2 aliphatic carbocycles. The summed E-state index contributed by atoms with van der Waals surface area (Å²) in [6.45, 7) is 5.55. The van der Waals surface area contributed by atoms with E-state index in [1.165, 1.54) is 38.6 Å². The predicted molar refractivity (Wildman–Crippen MR) is 62.9 cm³/mol. The second-order valence-corrected chi connectivity index (χ2v) is 5.58. The lowest BCUT2D eigenvalue weighted by molar-refractivity contribution is 0.0735. The van der Waals surface area contributed by atoms with Crippen molar-refractivity contribution in [3.05, 3.63) is 0 Å². The van der Waals surface area contributed by atoms with Gasteiger partial charge in [0.25, 0.3) is 0 Å². The van der Waals surface area contributed by atoms with E-state index in [4.69, 9.17) is 4.74 Å². The van der Waals surface area contributed by atoms with Gasteiger partial charge in [0.15, 0.2) is 0 Å². The van der Waals surface area contributed by atoms with Gasteiger partial charge < -0.3 is 10.1 Å². The Kier molecular flexibility index (Phi) is 3.68. The van der Waals surface area contributed by atoms with E-state index in [0.29, 0.717) is 5.41 Å². The second-order valence-electron chi connectivity index (χ2n) is 5.58. The molecule has 0 saturated heterocycles. The molecule has 0 heterocycles. The molecule has 0 bridgehead atoms. The van der Waals surface area contributed by atoms with Crippen LogP contribution in [0.3, 0.4) is 0 Å². The third-order valence-corrected chi connectivity index (χ3v) is 4.54. The third kappa shape index (κ3) is 2.54. The van der Waals surface area contributed by atoms with Gasteiger partial charge in [-0.05, 0) is 42.9 Å². The summed E-state index contributed by atoms with van der Waals surface area (Å²) in [7, 11) is 1.77. The van der Waals surface area contributed by atoms with Crippen molar-refractivity contribution < 1.29 is 4.74 Å². The Hall–Kier alpha value is -0.0800. The summed E-state index contributed by atoms with van der Waals surface area (Å²) in [6, 6.07) is 0. The number of hydrogen-bond acceptors (Lipinski definition) is 2. The lowest BCUT2D eigenvalue weighted by Crippen LogP contribution is -2.43. The average molecular weight is 211 g/mol. The van der Waals surface area contributed by atoms with Crippen molar-refractivity contribution in [1.82, 2.24) is 5.32 Å². The number of ether oxygens (including phenoxy) is 1. The molecule has 1 atom stereocenters. The van der Waals surface area contributed by atoms with E-state index in [1.807, 2.05) is 0 Å². The van der Waals surface area contributed by atoms with Crippen LogP contribution in [0.2, 0.25) is 0 Å². The van der Waals surface area contributed by atoms with Gasteiger partial charge in [0, 0.05) is 20.2 Å². The molecule has 2 rings (SSSR count). The van der Waals surface area contributed by atoms with Crippen LogP contribution in [0, 0.1) is 17.3 Å². The maximum Gasteiger partial charge on any atom is 0.0587 e. The Morgan fingerprint density at radius 1 is 1.20 bits per heavy atom. The molecule has 0 amide bonds. The smallest absolute Gasteiger partial charge is 0.0587 e. The van der Waals surface area contributed by atoms with Gasteiger partial charge in [0.2, 0.25) is 0 Å². The molecule has 2 nitrogen and oxygen atoms in total. The van der Waals surface area contributed by atoms with Crippen molar-refractivity contribution in [3.8, 4) is 0 Å². The largest absolute Gasteiger partial charge is 0.383 e. The van der Waals surface area contributed by atoms with E-state index in [9.17, 15) is 0 Å². The minimum absolute atomic E-state index is 0.589. The van der Waals surface area contributed by atoms with Crippen molar-refractivity contribution >= 4 is 0 Å². The zero-order valence-electron chi connectivity index (χ0n) is 10.2. The molecule has 0 aliphatic heterocycles. The van der Waals surface area contributed by atoms with Crippen molar-refractivity contribution in [2.24, 2.45) is 17.3 Å². The minimum atomic E-state index is 0.589. The summed E-state index contributed by atoms with van der Waals surface area (Å²) < 4.78 is 5.07. The first kappa shape index (κ1) is 11.4. The Balaban J connectivity index is 1.77. The normalized spacial score (nSPS) is 26.0. The zero-order chi connectivity index (χ0) is 10.7. The van der Waals surface area contributed by atoms with Crippen LogP contribution in [0.5, 0.6) is 0 Å². The fraction of sp³-hybridized carbons (Fsp3) is 1.00. The monoisotopic (exact) mass is 211 g/mol. The molecule has 2 aliphatic rings. The highest BCUT2D eigenvalue weighted by atomic mass is 16.5. The topological polar surface area (TPSA) is 21.3 Å². The Morgan fingerprint density at radius 3 is 2.33 bits per heavy atom. The molecule has 0 aromatic carbocycles. The summed E-state index contributed by atoms with van der Waals surface area (Å²) >= 11 is 0. The van der Waals surface area contributed by atoms with Gasteiger partial charge in [-0.15, -0.1) is 0 Å². The summed E-state index contributed by atoms with van der Waals surface area (Å²) in [4.78, 5) is 0. The number of methoxy groups -OCH3 is 1. The highest BCUT2D eigenvalue weighted by Crippen LogP contribution is 2.54. The molecule has 0 radical (unpaired) electrons. The fourth-order valence-corrected chi connectivity index (χ4v) is 2.96. The van der Waals surface area contributed by atoms with Crippen molar-refractivity contribution in [3.63, 3.8) is 0 Å². The standard InChI is InChI=1S/C13H25NO/c1-13(12-6-7-12,11-4-3-5-11)10-14-8-9-15-2/h11-12,14H,3-10H2,1-2H3. The van der Waals surface area contributed by atoms with Crippen LogP contribution >= 0.6 is 0 Å². The van der Waals surface area contributed by atoms with E-state index in [-0.39, 0.29) is 0 Å². The van der Waals surface area contributed by atoms with Gasteiger partial charge in [-0.1, -0.05) is 13.3 Å². The van der Waals surface area contributed by atoms with Crippen LogP contribution in [0.1, 0.15) is 39.0 Å². The lowest BCUT2D eigenvalue weighted by Gasteiger charge is -2.44. The van der Waals surface area contributed by atoms with E-state index in [1.54, 1.807) is 7.11 Å². The fourth-order valence-electron chi connectivity index (χ4n) is 2.96. The first-order valence-electron chi connectivity index (χ1n) is 6.47. The maximum atomic E-state index is 5.07. The van der Waals surface area contributed by atoms with Crippen LogP contribution in [-0.4, -0.2) is 26.8 Å². The van der Waals surface area contributed by atoms with Crippen LogP contribution < -0.4 is 5.32 Å². The molecule has 15 heavy (non-hydrogen) atoms. The Labute approximate surface area is 93.8 Å². The Morgan fingerprint density at radius 2 is 1.87 bits per heavy atom. The molecule has 2 fully saturated rings. The SMILES string of the molecule is COCCNCC(C)(C1CCC1)C1CC1. The van der Waals surface area contributed by atoms with E-state index in [0.717, 1.165) is 25.0 Å². The summed E-state index contributed by atoms with van der Waals surface area (Å²) in [5, 5.41) is 3.57. The average Bonchev–Trinajstić information content (AvgIpc) is 2.92. The molecule has 0 spiro atoms. The van der Waals surface area contributed by atoms with Crippen molar-refractivity contribution in [1.29, 1.82) is 0 Å². The van der Waals surface area contributed by atoms with Crippen LogP contribution in [0.15, 0.2) is 0 Å². The minimum Gasteiger partial charge on any atom is -0.383 e. The zero-order valence-corrected chi connectivity index (χ0v) is 10.2. The highest BCUT2D eigenvalue weighted by Gasteiger charge is 2.47. The Bertz CT molecular complexity index is 199. The van der Waals surface area contributed by atoms with Gasteiger partial charge in [0.1, 0.15) is 0 Å². The molecule has 0 aromatic rings. The second kappa shape index (κ2) is 4.84. The van der Waals surface area contributed by atoms with E-state index < -0.39 is 0 Å². The molecule has 88 valence electrons. The van der Waals surface area contributed by atoms with Gasteiger partial charge in [-0.3, -0.25) is 0 Å². The molecule has 0 aromatic heterocycles. The predicted octanol–water partition coefficient (Wildman–Crippen LogP) is 2.44. The highest BCUT2D eigenvalue weighted by molar-refractivity contribution is 4.99. The number of rotatable bonds is 7. The summed E-state index contributed by atoms with van der Waals surface area (Å²) in [5.74, 6) is 2.01. The quantitative estimate of drug-likeness (QED) is 0.653. The molecule has 2 heteroatoms. The summed E-state index contributed by atoms with van der Waals surface area (Å²) in [5.41, 5.74) is 0.589. The summed E-state index contributed by atoms with van der Waals surface area (Å²) in [6.07, 6.45) is 7.35. The number of nitrogens with one attached hydrogen (secondary N) is 1. The first-order valence-corrected chi connectivity index (χ1v) is 6.47. The van der Waals surface area contributed by atoms with Gasteiger partial charge in [-0.25, -0.2) is 0 Å². The molecule has 1 N–H and O–H groups in total. The van der Waals surface area contributed by atoms with Gasteiger partial charge >= 0.3 is 0 Å². The molecular formula is C13H25NO. The molecular weight excluding hydrogens is 186 g/mol. The van der Waals surface area contributed by atoms with Gasteiger partial charge in [-0.2, -0.15) is 0 Å². The van der Waals surface area contributed by atoms with Gasteiger partial charge in [0.05, 0.1) is 6.61 Å². The molecule has 2 saturated carbocycles. The third-order valence-electron chi connectivity index (χ3n) is 4.54. The van der Waals surface area contributed by atoms with E-state index in [2.05, 4.69) is 12.2 Å². The maximum absolute atomic E-state index is 5.07. The van der Waals surface area contributed by atoms with E-state index >= 15 is 0 Å². The lowest BCUT2D eigenvalue weighted by atomic mass is 9.63. The van der Waals surface area contributed by atoms with Crippen LogP contribution in [0.25, 0.3) is 0 Å².